The Kier molecular flexibility index (Phi) is 5.95. The lowest BCUT2D eigenvalue weighted by Gasteiger charge is -2.55. The third-order valence-electron chi connectivity index (χ3n) is 7.23. The van der Waals surface area contributed by atoms with Crippen LogP contribution in [0.5, 0.6) is 5.75 Å². The molecule has 4 heteroatoms. The highest BCUT2D eigenvalue weighted by Gasteiger charge is 2.54. The van der Waals surface area contributed by atoms with Crippen molar-refractivity contribution in [2.24, 2.45) is 22.7 Å². The Morgan fingerprint density at radius 3 is 2.71 bits per heavy atom. The van der Waals surface area contributed by atoms with Gasteiger partial charge in [-0.25, -0.2) is 0 Å². The lowest BCUT2D eigenvalue weighted by Crippen LogP contribution is -2.52. The number of carbonyl (C=O) groups is 1. The van der Waals surface area contributed by atoms with Gasteiger partial charge in [0.25, 0.3) is 0 Å². The van der Waals surface area contributed by atoms with Crippen LogP contribution in [0.3, 0.4) is 0 Å². The van der Waals surface area contributed by atoms with Crippen molar-refractivity contribution in [1.29, 1.82) is 0 Å². The average molecular weight is 437 g/mol. The lowest BCUT2D eigenvalue weighted by atomic mass is 9.48. The Morgan fingerprint density at radius 1 is 1.16 bits per heavy atom. The van der Waals surface area contributed by atoms with Crippen LogP contribution in [0.25, 0.3) is 6.08 Å². The normalized spacial score (nSPS) is 27.8. The minimum atomic E-state index is -0.0478. The van der Waals surface area contributed by atoms with Crippen LogP contribution in [0.4, 0.5) is 0 Å². The van der Waals surface area contributed by atoms with Gasteiger partial charge in [-0.2, -0.15) is 0 Å². The molecule has 0 spiro atoms. The maximum Gasteiger partial charge on any atom is 0.172 e. The summed E-state index contributed by atoms with van der Waals surface area (Å²) >= 11 is 1.57. The van der Waals surface area contributed by atoms with E-state index in [-0.39, 0.29) is 22.7 Å². The van der Waals surface area contributed by atoms with Crippen LogP contribution in [0.15, 0.2) is 68.7 Å². The first-order valence-corrected chi connectivity index (χ1v) is 11.9. The number of methoxy groups -OCH3 is 1. The standard InChI is InChI=1S/C27H32O3S/c1-18-17-21(28)24-26(2,3)14-8-15-27(24,4)20(18)12-11-19-13-16-30-25(19)31-23-10-7-6-9-22(23)29-5/h6-7,9-13,16-17,20,24H,8,14-15H2,1-5H3/b12-11+/t20-,24-,27+/m0/s1. The van der Waals surface area contributed by atoms with E-state index in [1.54, 1.807) is 25.1 Å². The molecular formula is C27H32O3S. The molecule has 1 aromatic heterocycles. The zero-order valence-electron chi connectivity index (χ0n) is 19.1. The summed E-state index contributed by atoms with van der Waals surface area (Å²) in [5.41, 5.74) is 2.21. The molecule has 2 aliphatic carbocycles. The number of ketones is 1. The van der Waals surface area contributed by atoms with Crippen molar-refractivity contribution in [3.63, 3.8) is 0 Å². The van der Waals surface area contributed by atoms with Gasteiger partial charge in [-0.1, -0.05) is 57.0 Å². The van der Waals surface area contributed by atoms with Crippen molar-refractivity contribution in [1.82, 2.24) is 0 Å². The molecule has 4 rings (SSSR count). The van der Waals surface area contributed by atoms with Crippen LogP contribution in [0.1, 0.15) is 52.5 Å². The van der Waals surface area contributed by atoms with Crippen molar-refractivity contribution in [3.8, 4) is 5.75 Å². The molecule has 0 saturated heterocycles. The Balaban J connectivity index is 1.64. The van der Waals surface area contributed by atoms with E-state index < -0.39 is 0 Å². The van der Waals surface area contributed by atoms with Crippen LogP contribution in [-0.4, -0.2) is 12.9 Å². The topological polar surface area (TPSA) is 39.4 Å². The van der Waals surface area contributed by atoms with E-state index in [2.05, 4.69) is 39.8 Å². The van der Waals surface area contributed by atoms with Crippen molar-refractivity contribution in [3.05, 3.63) is 59.9 Å². The number of rotatable bonds is 5. The molecule has 2 aliphatic rings. The number of allylic oxidation sites excluding steroid dienone is 3. The van der Waals surface area contributed by atoms with Gasteiger partial charge >= 0.3 is 0 Å². The molecule has 3 atom stereocenters. The fraction of sp³-hybridized carbons (Fsp3) is 0.444. The van der Waals surface area contributed by atoms with Gasteiger partial charge < -0.3 is 9.15 Å². The quantitative estimate of drug-likeness (QED) is 0.488. The Hall–Kier alpha value is -2.20. The number of benzene rings is 1. The maximum absolute atomic E-state index is 13.0. The lowest BCUT2D eigenvalue weighted by molar-refractivity contribution is -0.134. The summed E-state index contributed by atoms with van der Waals surface area (Å²) in [6.07, 6.45) is 11.5. The van der Waals surface area contributed by atoms with Gasteiger partial charge in [-0.05, 0) is 66.6 Å². The second-order valence-electron chi connectivity index (χ2n) is 9.82. The Morgan fingerprint density at radius 2 is 1.94 bits per heavy atom. The molecule has 1 aromatic carbocycles. The van der Waals surface area contributed by atoms with E-state index in [0.29, 0.717) is 5.78 Å². The molecule has 0 unspecified atom stereocenters. The van der Waals surface area contributed by atoms with E-state index in [1.807, 2.05) is 36.4 Å². The number of carbonyl (C=O) groups excluding carboxylic acids is 1. The second-order valence-corrected chi connectivity index (χ2v) is 10.8. The fourth-order valence-corrected chi connectivity index (χ4v) is 6.91. The smallest absolute Gasteiger partial charge is 0.172 e. The Bertz CT molecular complexity index is 1030. The highest BCUT2D eigenvalue weighted by molar-refractivity contribution is 7.99. The third kappa shape index (κ3) is 4.03. The van der Waals surface area contributed by atoms with Gasteiger partial charge in [0.15, 0.2) is 10.9 Å². The molecule has 0 bridgehead atoms. The third-order valence-corrected chi connectivity index (χ3v) is 8.31. The van der Waals surface area contributed by atoms with Gasteiger partial charge in [-0.3, -0.25) is 4.79 Å². The number of para-hydroxylation sites is 1. The summed E-state index contributed by atoms with van der Waals surface area (Å²) in [5, 5.41) is 0.847. The molecule has 1 saturated carbocycles. The number of hydrogen-bond donors (Lipinski definition) is 0. The number of hydrogen-bond acceptors (Lipinski definition) is 4. The highest BCUT2D eigenvalue weighted by Crippen LogP contribution is 2.59. The zero-order chi connectivity index (χ0) is 22.2. The molecule has 2 aromatic rings. The zero-order valence-corrected chi connectivity index (χ0v) is 19.9. The summed E-state index contributed by atoms with van der Waals surface area (Å²) in [6, 6.07) is 9.97. The van der Waals surface area contributed by atoms with Crippen LogP contribution in [-0.2, 0) is 4.79 Å². The molecule has 0 N–H and O–H groups in total. The second kappa shape index (κ2) is 8.38. The largest absolute Gasteiger partial charge is 0.496 e. The Labute approximate surface area is 189 Å². The van der Waals surface area contributed by atoms with Gasteiger partial charge in [-0.15, -0.1) is 0 Å². The van der Waals surface area contributed by atoms with E-state index in [9.17, 15) is 4.79 Å². The first-order chi connectivity index (χ1) is 14.8. The van der Waals surface area contributed by atoms with Crippen LogP contribution < -0.4 is 4.74 Å². The number of ether oxygens (including phenoxy) is 1. The maximum atomic E-state index is 13.0. The van der Waals surface area contributed by atoms with Gasteiger partial charge in [0.2, 0.25) is 0 Å². The van der Waals surface area contributed by atoms with Gasteiger partial charge in [0, 0.05) is 17.4 Å². The minimum absolute atomic E-state index is 0.0356. The predicted molar refractivity (Wildman–Crippen MR) is 126 cm³/mol. The van der Waals surface area contributed by atoms with E-state index in [0.717, 1.165) is 34.1 Å². The molecule has 1 fully saturated rings. The first-order valence-electron chi connectivity index (χ1n) is 11.0. The summed E-state index contributed by atoms with van der Waals surface area (Å²) in [4.78, 5) is 14.0. The molecule has 3 nitrogen and oxygen atoms in total. The van der Waals surface area contributed by atoms with Gasteiger partial charge in [0.05, 0.1) is 18.3 Å². The monoisotopic (exact) mass is 436 g/mol. The van der Waals surface area contributed by atoms with Crippen molar-refractivity contribution < 1.29 is 13.9 Å². The molecule has 31 heavy (non-hydrogen) atoms. The van der Waals surface area contributed by atoms with Crippen LogP contribution in [0, 0.1) is 22.7 Å². The summed E-state index contributed by atoms with van der Waals surface area (Å²) in [7, 11) is 1.69. The molecule has 1 heterocycles. The summed E-state index contributed by atoms with van der Waals surface area (Å²) in [6.45, 7) is 8.96. The molecule has 0 radical (unpaired) electrons. The molecule has 0 amide bonds. The highest BCUT2D eigenvalue weighted by atomic mass is 32.2. The number of furan rings is 1. The van der Waals surface area contributed by atoms with Gasteiger partial charge in [0.1, 0.15) is 5.75 Å². The molecule has 164 valence electrons. The number of fused-ring (bicyclic) bond motifs is 1. The summed E-state index contributed by atoms with van der Waals surface area (Å²) < 4.78 is 11.3. The van der Waals surface area contributed by atoms with E-state index in [4.69, 9.17) is 9.15 Å². The SMILES string of the molecule is COc1ccccc1Sc1occc1/C=C/[C@H]1C(C)=CC(=O)[C@H]2C(C)(C)CCC[C@]12C. The van der Waals surface area contributed by atoms with E-state index in [1.165, 1.54) is 12.0 Å². The fourth-order valence-electron chi connectivity index (χ4n) is 5.96. The van der Waals surface area contributed by atoms with E-state index >= 15 is 0 Å². The minimum Gasteiger partial charge on any atom is -0.496 e. The molecular weight excluding hydrogens is 404 g/mol. The molecule has 0 aliphatic heterocycles. The average Bonchev–Trinajstić information content (AvgIpc) is 3.14. The van der Waals surface area contributed by atoms with Crippen molar-refractivity contribution >= 4 is 23.6 Å². The van der Waals surface area contributed by atoms with Crippen molar-refractivity contribution in [2.45, 2.75) is 56.9 Å². The van der Waals surface area contributed by atoms with Crippen molar-refractivity contribution in [2.75, 3.05) is 7.11 Å². The predicted octanol–water partition coefficient (Wildman–Crippen LogP) is 7.43. The summed E-state index contributed by atoms with van der Waals surface area (Å²) in [5.74, 6) is 1.46. The van der Waals surface area contributed by atoms with Crippen LogP contribution in [0.2, 0.25) is 0 Å². The van der Waals surface area contributed by atoms with Crippen LogP contribution >= 0.6 is 11.8 Å². The first kappa shape index (κ1) is 22.0.